The fraction of sp³-hybridized carbons (Fsp3) is 0.400. The maximum atomic E-state index is 12.0. The Bertz CT molecular complexity index is 1490. The van der Waals surface area contributed by atoms with Crippen LogP contribution in [0.4, 0.5) is 5.69 Å². The maximum absolute atomic E-state index is 12.0. The number of hydrogen-bond acceptors (Lipinski definition) is 4. The van der Waals surface area contributed by atoms with Crippen molar-refractivity contribution in [3.8, 4) is 22.4 Å². The summed E-state index contributed by atoms with van der Waals surface area (Å²) in [6.45, 7) is 5.14. The van der Waals surface area contributed by atoms with E-state index >= 15 is 0 Å². The fourth-order valence-corrected chi connectivity index (χ4v) is 6.70. The molecule has 2 fully saturated rings. The molecule has 6 heteroatoms. The number of rotatable bonds is 8. The van der Waals surface area contributed by atoms with E-state index in [4.69, 9.17) is 4.74 Å². The predicted molar refractivity (Wildman–Crippen MR) is 167 cm³/mol. The number of aromatic carboxylic acids is 1. The molecule has 4 aromatic rings. The summed E-state index contributed by atoms with van der Waals surface area (Å²) < 4.78 is 8.01. The van der Waals surface area contributed by atoms with Crippen LogP contribution in [-0.4, -0.2) is 67.5 Å². The monoisotopic (exact) mass is 551 g/mol. The molecule has 41 heavy (non-hydrogen) atoms. The van der Waals surface area contributed by atoms with Crippen molar-refractivity contribution in [2.75, 3.05) is 51.8 Å². The zero-order valence-corrected chi connectivity index (χ0v) is 24.3. The molecule has 1 saturated heterocycles. The summed E-state index contributed by atoms with van der Waals surface area (Å²) in [6, 6.07) is 23.4. The second kappa shape index (κ2) is 12.1. The van der Waals surface area contributed by atoms with Gasteiger partial charge in [0.15, 0.2) is 0 Å². The maximum Gasteiger partial charge on any atom is 0.335 e. The van der Waals surface area contributed by atoms with Crippen molar-refractivity contribution in [1.29, 1.82) is 0 Å². The molecule has 6 nitrogen and oxygen atoms in total. The average Bonchev–Trinajstić information content (AvgIpc) is 3.34. The third-order valence-electron chi connectivity index (χ3n) is 8.98. The molecule has 1 aromatic heterocycles. The molecule has 214 valence electrons. The molecule has 0 spiro atoms. The lowest BCUT2D eigenvalue weighted by molar-refractivity contribution is 0.0366. The number of hydrogen-bond donors (Lipinski definition) is 1. The van der Waals surface area contributed by atoms with E-state index in [1.807, 2.05) is 6.07 Å². The highest BCUT2D eigenvalue weighted by Gasteiger charge is 2.27. The van der Waals surface area contributed by atoms with Crippen molar-refractivity contribution < 1.29 is 14.6 Å². The van der Waals surface area contributed by atoms with E-state index in [-0.39, 0.29) is 0 Å². The molecular weight excluding hydrogens is 510 g/mol. The summed E-state index contributed by atoms with van der Waals surface area (Å²) in [5.74, 6) is -0.391. The van der Waals surface area contributed by atoms with Gasteiger partial charge in [-0.1, -0.05) is 61.7 Å². The number of carboxylic acids is 1. The summed E-state index contributed by atoms with van der Waals surface area (Å²) in [6.07, 6.45) is 6.17. The van der Waals surface area contributed by atoms with Gasteiger partial charge in [0.2, 0.25) is 0 Å². The Morgan fingerprint density at radius 1 is 0.854 bits per heavy atom. The van der Waals surface area contributed by atoms with Gasteiger partial charge in [-0.15, -0.1) is 0 Å². The lowest BCUT2D eigenvalue weighted by atomic mass is 9.81. The number of fused-ring (bicyclic) bond motifs is 1. The molecule has 0 bridgehead atoms. The normalized spacial score (nSPS) is 16.7. The Kier molecular flexibility index (Phi) is 8.13. The molecule has 0 unspecified atom stereocenters. The fourth-order valence-electron chi connectivity index (χ4n) is 6.70. The van der Waals surface area contributed by atoms with Crippen LogP contribution in [0.2, 0.25) is 0 Å². The zero-order valence-electron chi connectivity index (χ0n) is 24.3. The molecule has 2 heterocycles. The van der Waals surface area contributed by atoms with Crippen molar-refractivity contribution in [3.63, 3.8) is 0 Å². The van der Waals surface area contributed by atoms with Gasteiger partial charge >= 0.3 is 5.97 Å². The molecule has 3 aromatic carbocycles. The van der Waals surface area contributed by atoms with Gasteiger partial charge in [-0.05, 0) is 65.3 Å². The van der Waals surface area contributed by atoms with E-state index in [9.17, 15) is 9.90 Å². The van der Waals surface area contributed by atoms with Gasteiger partial charge in [0, 0.05) is 56.9 Å². The molecule has 6 rings (SSSR count). The number of ether oxygens (including phenoxy) is 1. The third-order valence-corrected chi connectivity index (χ3v) is 8.98. The molecule has 1 saturated carbocycles. The van der Waals surface area contributed by atoms with E-state index in [2.05, 4.69) is 83.1 Å². The largest absolute Gasteiger partial charge is 0.478 e. The van der Waals surface area contributed by atoms with E-state index in [1.54, 1.807) is 6.07 Å². The number of carboxylic acid groups (broad SMARTS) is 1. The average molecular weight is 552 g/mol. The van der Waals surface area contributed by atoms with Crippen LogP contribution in [0.25, 0.3) is 33.3 Å². The molecule has 0 amide bonds. The molecular formula is C35H41N3O3. The quantitative estimate of drug-likeness (QED) is 0.253. The summed E-state index contributed by atoms with van der Waals surface area (Å²) in [7, 11) is 4.12. The molecule has 1 aliphatic heterocycles. The van der Waals surface area contributed by atoms with E-state index < -0.39 is 5.97 Å². The number of carbonyl (C=O) groups is 1. The highest BCUT2D eigenvalue weighted by molar-refractivity contribution is 5.98. The Labute approximate surface area is 243 Å². The van der Waals surface area contributed by atoms with Crippen molar-refractivity contribution in [2.24, 2.45) is 0 Å². The minimum atomic E-state index is -0.877. The van der Waals surface area contributed by atoms with Crippen molar-refractivity contribution in [3.05, 3.63) is 77.9 Å². The van der Waals surface area contributed by atoms with Crippen molar-refractivity contribution >= 4 is 22.6 Å². The number of aromatic nitrogens is 1. The van der Waals surface area contributed by atoms with Crippen molar-refractivity contribution in [1.82, 2.24) is 9.47 Å². The minimum Gasteiger partial charge on any atom is -0.478 e. The Balaban J connectivity index is 1.46. The van der Waals surface area contributed by atoms with E-state index in [0.29, 0.717) is 11.5 Å². The zero-order chi connectivity index (χ0) is 28.3. The van der Waals surface area contributed by atoms with Crippen LogP contribution >= 0.6 is 0 Å². The number of benzene rings is 3. The number of anilines is 1. The van der Waals surface area contributed by atoms with Crippen LogP contribution in [-0.2, 0) is 11.3 Å². The SMILES string of the molecule is CN(C)c1ccc(-c2ccc(-c3c(C4CCCCC4)c4ccc(C(=O)O)cc4n3CCN3CCOCC3)cc2)cc1. The third kappa shape index (κ3) is 5.77. The van der Waals surface area contributed by atoms with Gasteiger partial charge in [-0.25, -0.2) is 4.79 Å². The first-order valence-corrected chi connectivity index (χ1v) is 15.1. The predicted octanol–water partition coefficient (Wildman–Crippen LogP) is 7.12. The van der Waals surface area contributed by atoms with Crippen LogP contribution in [0.15, 0.2) is 66.7 Å². The standard InChI is InChI=1S/C35H41N3O3/c1-36(2)30-15-12-26(13-16-30)25-8-10-28(11-9-25)34-33(27-6-4-3-5-7-27)31-17-14-29(35(39)40)24-32(31)38(34)19-18-37-20-22-41-23-21-37/h8-17,24,27H,3-7,18-23H2,1-2H3,(H,39,40). The first-order valence-electron chi connectivity index (χ1n) is 15.1. The molecule has 1 N–H and O–H groups in total. The van der Waals surface area contributed by atoms with Gasteiger partial charge in [0.05, 0.1) is 24.5 Å². The van der Waals surface area contributed by atoms with Crippen LogP contribution in [0.1, 0.15) is 53.9 Å². The molecule has 2 aliphatic rings. The van der Waals surface area contributed by atoms with Crippen LogP contribution < -0.4 is 4.90 Å². The Morgan fingerprint density at radius 2 is 1.49 bits per heavy atom. The van der Waals surface area contributed by atoms with E-state index in [1.165, 1.54) is 71.1 Å². The number of nitrogens with zero attached hydrogens (tertiary/aromatic N) is 3. The summed E-state index contributed by atoms with van der Waals surface area (Å²) in [5, 5.41) is 11.1. The smallest absolute Gasteiger partial charge is 0.335 e. The Morgan fingerprint density at radius 3 is 2.12 bits per heavy atom. The van der Waals surface area contributed by atoms with Crippen LogP contribution in [0.3, 0.4) is 0 Å². The molecule has 0 radical (unpaired) electrons. The van der Waals surface area contributed by atoms with Crippen LogP contribution in [0, 0.1) is 0 Å². The summed E-state index contributed by atoms with van der Waals surface area (Å²) in [5.41, 5.74) is 8.84. The number of morpholine rings is 1. The van der Waals surface area contributed by atoms with Gasteiger partial charge in [0.25, 0.3) is 0 Å². The van der Waals surface area contributed by atoms with Crippen molar-refractivity contribution in [2.45, 2.75) is 44.6 Å². The van der Waals surface area contributed by atoms with Gasteiger partial charge in [0.1, 0.15) is 0 Å². The van der Waals surface area contributed by atoms with Gasteiger partial charge in [-0.2, -0.15) is 0 Å². The highest BCUT2D eigenvalue weighted by atomic mass is 16.5. The second-order valence-electron chi connectivity index (χ2n) is 11.8. The second-order valence-corrected chi connectivity index (χ2v) is 11.8. The molecule has 1 aliphatic carbocycles. The first-order chi connectivity index (χ1) is 20.0. The Hall–Kier alpha value is -3.61. The van der Waals surface area contributed by atoms with Gasteiger partial charge in [-0.3, -0.25) is 4.90 Å². The van der Waals surface area contributed by atoms with E-state index in [0.717, 1.165) is 44.9 Å². The lowest BCUT2D eigenvalue weighted by Gasteiger charge is -2.27. The topological polar surface area (TPSA) is 57.9 Å². The van der Waals surface area contributed by atoms with Gasteiger partial charge < -0.3 is 19.3 Å². The molecule has 0 atom stereocenters. The summed E-state index contributed by atoms with van der Waals surface area (Å²) >= 11 is 0. The summed E-state index contributed by atoms with van der Waals surface area (Å²) in [4.78, 5) is 16.6. The minimum absolute atomic E-state index is 0.348. The first kappa shape index (κ1) is 27.6. The lowest BCUT2D eigenvalue weighted by Crippen LogP contribution is -2.38. The van der Waals surface area contributed by atoms with Crippen LogP contribution in [0.5, 0.6) is 0 Å². The highest BCUT2D eigenvalue weighted by Crippen LogP contribution is 2.44.